The fraction of sp³-hybridized carbons (Fsp3) is 0.235. The quantitative estimate of drug-likeness (QED) is 0.878. The lowest BCUT2D eigenvalue weighted by Gasteiger charge is -2.31. The fourth-order valence-corrected chi connectivity index (χ4v) is 4.72. The molecule has 0 amide bonds. The van der Waals surface area contributed by atoms with Crippen molar-refractivity contribution in [3.05, 3.63) is 65.5 Å². The maximum atomic E-state index is 13.6. The fourth-order valence-electron chi connectivity index (χ4n) is 3.20. The van der Waals surface area contributed by atoms with E-state index in [1.165, 1.54) is 23.9 Å². The molecule has 1 saturated heterocycles. The first kappa shape index (κ1) is 13.8. The second kappa shape index (κ2) is 4.83. The van der Waals surface area contributed by atoms with Crippen LogP contribution in [-0.4, -0.2) is 28.3 Å². The molecule has 2 aliphatic heterocycles. The van der Waals surface area contributed by atoms with Crippen molar-refractivity contribution in [1.82, 2.24) is 0 Å². The number of ketones is 1. The second-order valence-corrected chi connectivity index (χ2v) is 6.64. The lowest BCUT2D eigenvalue weighted by Crippen LogP contribution is -2.51. The molecule has 2 aliphatic rings. The summed E-state index contributed by atoms with van der Waals surface area (Å²) in [6.45, 7) is 0. The van der Waals surface area contributed by atoms with Gasteiger partial charge in [0.2, 0.25) is 11.4 Å². The zero-order valence-electron chi connectivity index (χ0n) is 11.5. The Morgan fingerprint density at radius 3 is 2.82 bits per heavy atom. The van der Waals surface area contributed by atoms with E-state index in [1.807, 2.05) is 0 Å². The summed E-state index contributed by atoms with van der Waals surface area (Å²) >= 11 is 1.42. The third kappa shape index (κ3) is 1.76. The number of fused-ring (bicyclic) bond motifs is 1. The van der Waals surface area contributed by atoms with Gasteiger partial charge in [0.15, 0.2) is 0 Å². The number of carbonyl (C=O) groups excluding carboxylic acids is 1. The molecule has 0 aliphatic carbocycles. The second-order valence-electron chi connectivity index (χ2n) is 5.50. The van der Waals surface area contributed by atoms with Gasteiger partial charge < -0.3 is 9.84 Å². The molecular formula is C17H13FO3S. The van der Waals surface area contributed by atoms with E-state index in [9.17, 15) is 14.3 Å². The lowest BCUT2D eigenvalue weighted by atomic mass is 9.84. The van der Waals surface area contributed by atoms with Gasteiger partial charge in [-0.3, -0.25) is 4.79 Å². The van der Waals surface area contributed by atoms with Crippen LogP contribution in [0.2, 0.25) is 0 Å². The van der Waals surface area contributed by atoms with Crippen LogP contribution in [0.15, 0.2) is 48.5 Å². The van der Waals surface area contributed by atoms with Crippen LogP contribution in [0.3, 0.4) is 0 Å². The first-order valence-electron chi connectivity index (χ1n) is 7.01. The van der Waals surface area contributed by atoms with Crippen LogP contribution in [-0.2, 0) is 0 Å². The molecule has 0 aromatic heterocycles. The SMILES string of the molecule is O=C1c2ccccc2O[C@]12[C@@H](O)CS[C@H]2c1cccc(F)c1. The van der Waals surface area contributed by atoms with Crippen molar-refractivity contribution in [2.75, 3.05) is 5.75 Å². The molecule has 4 rings (SSSR count). The summed E-state index contributed by atoms with van der Waals surface area (Å²) in [7, 11) is 0. The topological polar surface area (TPSA) is 46.5 Å². The molecule has 1 spiro atoms. The number of ether oxygens (including phenoxy) is 1. The van der Waals surface area contributed by atoms with Gasteiger partial charge in [-0.05, 0) is 29.8 Å². The van der Waals surface area contributed by atoms with Gasteiger partial charge in [0.25, 0.3) is 0 Å². The van der Waals surface area contributed by atoms with Crippen molar-refractivity contribution in [3.8, 4) is 5.75 Å². The highest BCUT2D eigenvalue weighted by molar-refractivity contribution is 8.00. The zero-order valence-corrected chi connectivity index (χ0v) is 12.3. The number of carbonyl (C=O) groups is 1. The summed E-state index contributed by atoms with van der Waals surface area (Å²) in [5.41, 5.74) is -0.226. The third-order valence-electron chi connectivity index (χ3n) is 4.22. The first-order valence-corrected chi connectivity index (χ1v) is 8.06. The van der Waals surface area contributed by atoms with Crippen molar-refractivity contribution in [1.29, 1.82) is 0 Å². The normalized spacial score (nSPS) is 29.6. The van der Waals surface area contributed by atoms with Gasteiger partial charge in [-0.2, -0.15) is 0 Å². The minimum atomic E-state index is -1.36. The molecule has 22 heavy (non-hydrogen) atoms. The summed E-state index contributed by atoms with van der Waals surface area (Å²) in [4.78, 5) is 12.9. The minimum absolute atomic E-state index is 0.227. The predicted octanol–water partition coefficient (Wildman–Crippen LogP) is 2.99. The molecule has 0 saturated carbocycles. The van der Waals surface area contributed by atoms with Gasteiger partial charge in [0.05, 0.1) is 10.8 Å². The number of thioether (sulfide) groups is 1. The number of Topliss-reactive ketones (excluding diaryl/α,β-unsaturated/α-hetero) is 1. The van der Waals surface area contributed by atoms with Crippen molar-refractivity contribution >= 4 is 17.5 Å². The number of hydrogen-bond donors (Lipinski definition) is 1. The number of para-hydroxylation sites is 1. The Morgan fingerprint density at radius 1 is 1.23 bits per heavy atom. The number of aliphatic hydroxyl groups is 1. The third-order valence-corrected chi connectivity index (χ3v) is 5.69. The molecule has 5 heteroatoms. The van der Waals surface area contributed by atoms with Crippen molar-refractivity contribution in [2.24, 2.45) is 0 Å². The molecule has 1 fully saturated rings. The van der Waals surface area contributed by atoms with E-state index in [4.69, 9.17) is 4.74 Å². The van der Waals surface area contributed by atoms with Gasteiger partial charge >= 0.3 is 0 Å². The molecule has 1 N–H and O–H groups in total. The van der Waals surface area contributed by atoms with Gasteiger partial charge in [0, 0.05) is 5.75 Å². The number of halogens is 1. The highest BCUT2D eigenvalue weighted by Gasteiger charge is 2.62. The number of hydrogen-bond acceptors (Lipinski definition) is 4. The van der Waals surface area contributed by atoms with Crippen LogP contribution in [0.25, 0.3) is 0 Å². The zero-order chi connectivity index (χ0) is 15.3. The Morgan fingerprint density at radius 2 is 2.05 bits per heavy atom. The molecule has 0 radical (unpaired) electrons. The molecular weight excluding hydrogens is 303 g/mol. The van der Waals surface area contributed by atoms with Crippen LogP contribution in [0, 0.1) is 5.82 Å². The van der Waals surface area contributed by atoms with E-state index >= 15 is 0 Å². The van der Waals surface area contributed by atoms with E-state index in [1.54, 1.807) is 36.4 Å². The molecule has 2 aromatic carbocycles. The van der Waals surface area contributed by atoms with E-state index in [-0.39, 0.29) is 11.6 Å². The summed E-state index contributed by atoms with van der Waals surface area (Å²) in [5, 5.41) is 10.0. The summed E-state index contributed by atoms with van der Waals surface area (Å²) in [5.74, 6) is 0.267. The van der Waals surface area contributed by atoms with Gasteiger partial charge in [-0.25, -0.2) is 4.39 Å². The Kier molecular flexibility index (Phi) is 3.03. The monoisotopic (exact) mass is 316 g/mol. The average Bonchev–Trinajstić information content (AvgIpc) is 3.00. The van der Waals surface area contributed by atoms with E-state index in [0.29, 0.717) is 22.6 Å². The molecule has 0 bridgehead atoms. The summed E-state index contributed by atoms with van der Waals surface area (Å²) in [6, 6.07) is 13.1. The largest absolute Gasteiger partial charge is 0.474 e. The number of aliphatic hydroxyl groups excluding tert-OH is 1. The van der Waals surface area contributed by atoms with Crippen molar-refractivity contribution < 1.29 is 19.0 Å². The van der Waals surface area contributed by atoms with E-state index < -0.39 is 17.0 Å². The van der Waals surface area contributed by atoms with Crippen LogP contribution in [0.1, 0.15) is 21.2 Å². The molecule has 3 atom stereocenters. The smallest absolute Gasteiger partial charge is 0.214 e. The van der Waals surface area contributed by atoms with Gasteiger partial charge in [-0.1, -0.05) is 24.3 Å². The maximum Gasteiger partial charge on any atom is 0.214 e. The molecule has 112 valence electrons. The highest BCUT2D eigenvalue weighted by Crippen LogP contribution is 2.54. The predicted molar refractivity (Wildman–Crippen MR) is 81.7 cm³/mol. The minimum Gasteiger partial charge on any atom is -0.474 e. The Bertz CT molecular complexity index is 763. The maximum absolute atomic E-state index is 13.6. The standard InChI is InChI=1S/C17H13FO3S/c18-11-5-3-4-10(8-11)16-17(14(19)9-22-16)15(20)12-6-1-2-7-13(12)21-17/h1-8,14,16,19H,9H2/t14-,16-,17+/m0/s1. The van der Waals surface area contributed by atoms with Crippen LogP contribution < -0.4 is 4.74 Å². The average molecular weight is 316 g/mol. The molecule has 3 nitrogen and oxygen atoms in total. The Balaban J connectivity index is 1.84. The highest BCUT2D eigenvalue weighted by atomic mass is 32.2. The number of rotatable bonds is 1. The van der Waals surface area contributed by atoms with Crippen molar-refractivity contribution in [3.63, 3.8) is 0 Å². The first-order chi connectivity index (χ1) is 10.6. The van der Waals surface area contributed by atoms with E-state index in [2.05, 4.69) is 0 Å². The Labute approximate surface area is 131 Å². The number of benzene rings is 2. The van der Waals surface area contributed by atoms with Gasteiger partial charge in [-0.15, -0.1) is 11.8 Å². The van der Waals surface area contributed by atoms with Crippen LogP contribution in [0.4, 0.5) is 4.39 Å². The molecule has 2 heterocycles. The molecule has 2 aromatic rings. The molecule has 0 unspecified atom stereocenters. The van der Waals surface area contributed by atoms with Crippen molar-refractivity contribution in [2.45, 2.75) is 17.0 Å². The van der Waals surface area contributed by atoms with E-state index in [0.717, 1.165) is 0 Å². The van der Waals surface area contributed by atoms with Crippen LogP contribution >= 0.6 is 11.8 Å². The van der Waals surface area contributed by atoms with Crippen LogP contribution in [0.5, 0.6) is 5.75 Å². The summed E-state index contributed by atoms with van der Waals surface area (Å²) in [6.07, 6.45) is -0.925. The Hall–Kier alpha value is -1.85. The van der Waals surface area contributed by atoms with Gasteiger partial charge in [0.1, 0.15) is 17.7 Å². The summed E-state index contributed by atoms with van der Waals surface area (Å²) < 4.78 is 19.5. The lowest BCUT2D eigenvalue weighted by molar-refractivity contribution is -0.00803.